The Balaban J connectivity index is 2.64. The zero-order chi connectivity index (χ0) is 15.3. The molecular formula is C11H9F3INO4. The number of hydrogen-bond acceptors (Lipinski definition) is 3. The number of rotatable bonds is 5. The molecule has 2 N–H and O–H groups in total. The van der Waals surface area contributed by atoms with Crippen LogP contribution < -0.4 is 5.32 Å². The number of amides is 1. The van der Waals surface area contributed by atoms with Gasteiger partial charge in [0.1, 0.15) is 13.2 Å². The van der Waals surface area contributed by atoms with Crippen LogP contribution in [0.5, 0.6) is 0 Å². The summed E-state index contributed by atoms with van der Waals surface area (Å²) in [5.41, 5.74) is -0.153. The third-order valence-electron chi connectivity index (χ3n) is 1.98. The summed E-state index contributed by atoms with van der Waals surface area (Å²) in [6, 6.07) is 4.24. The molecule has 1 amide bonds. The summed E-state index contributed by atoms with van der Waals surface area (Å²) in [4.78, 5) is 22.3. The second kappa shape index (κ2) is 6.88. The van der Waals surface area contributed by atoms with Crippen LogP contribution in [0.15, 0.2) is 18.2 Å². The quantitative estimate of drug-likeness (QED) is 0.742. The largest absolute Gasteiger partial charge is 0.478 e. The molecule has 9 heteroatoms. The van der Waals surface area contributed by atoms with E-state index in [2.05, 4.69) is 10.1 Å². The van der Waals surface area contributed by atoms with Gasteiger partial charge in [-0.15, -0.1) is 0 Å². The number of anilines is 1. The van der Waals surface area contributed by atoms with Crippen LogP contribution in [0.4, 0.5) is 18.9 Å². The van der Waals surface area contributed by atoms with Gasteiger partial charge in [-0.3, -0.25) is 4.79 Å². The highest BCUT2D eigenvalue weighted by atomic mass is 127. The van der Waals surface area contributed by atoms with Crippen LogP contribution in [0.25, 0.3) is 0 Å². The highest BCUT2D eigenvalue weighted by molar-refractivity contribution is 14.1. The lowest BCUT2D eigenvalue weighted by atomic mass is 10.2. The normalized spacial score (nSPS) is 11.2. The molecule has 110 valence electrons. The summed E-state index contributed by atoms with van der Waals surface area (Å²) in [7, 11) is 0. The molecule has 0 aliphatic rings. The summed E-state index contributed by atoms with van der Waals surface area (Å²) in [6.45, 7) is -2.36. The Kier molecular flexibility index (Phi) is 5.74. The summed E-state index contributed by atoms with van der Waals surface area (Å²) < 4.78 is 40.3. The second-order valence-corrected chi connectivity index (χ2v) is 4.90. The van der Waals surface area contributed by atoms with Crippen LogP contribution in [0.2, 0.25) is 0 Å². The fraction of sp³-hybridized carbons (Fsp3) is 0.273. The lowest BCUT2D eigenvalue weighted by molar-refractivity contribution is -0.174. The minimum atomic E-state index is -4.52. The molecule has 20 heavy (non-hydrogen) atoms. The predicted molar refractivity (Wildman–Crippen MR) is 71.6 cm³/mol. The van der Waals surface area contributed by atoms with Gasteiger partial charge in [0.25, 0.3) is 0 Å². The Morgan fingerprint density at radius 1 is 1.35 bits per heavy atom. The average Bonchev–Trinajstić information content (AvgIpc) is 2.29. The highest BCUT2D eigenvalue weighted by Crippen LogP contribution is 2.19. The Bertz CT molecular complexity index is 519. The molecule has 1 aromatic carbocycles. The van der Waals surface area contributed by atoms with Gasteiger partial charge in [0.2, 0.25) is 5.91 Å². The molecule has 0 aliphatic carbocycles. The Hall–Kier alpha value is -1.36. The smallest absolute Gasteiger partial charge is 0.411 e. The maximum absolute atomic E-state index is 11.8. The fourth-order valence-corrected chi connectivity index (χ4v) is 1.74. The molecule has 0 saturated heterocycles. The van der Waals surface area contributed by atoms with E-state index in [1.807, 2.05) is 22.6 Å². The van der Waals surface area contributed by atoms with Crippen LogP contribution in [0.3, 0.4) is 0 Å². The molecule has 0 heterocycles. The number of alkyl halides is 3. The Morgan fingerprint density at radius 3 is 2.55 bits per heavy atom. The minimum absolute atomic E-state index is 0.00137. The molecular weight excluding hydrogens is 394 g/mol. The van der Waals surface area contributed by atoms with E-state index in [0.717, 1.165) is 0 Å². The van der Waals surface area contributed by atoms with Gasteiger partial charge in [0.05, 0.1) is 11.3 Å². The first-order valence-electron chi connectivity index (χ1n) is 5.16. The number of carboxylic acid groups (broad SMARTS) is 1. The summed E-state index contributed by atoms with van der Waals surface area (Å²) in [5.74, 6) is -2.12. The van der Waals surface area contributed by atoms with Crippen molar-refractivity contribution in [2.24, 2.45) is 0 Å². The van der Waals surface area contributed by atoms with Gasteiger partial charge in [-0.05, 0) is 40.8 Å². The number of carbonyl (C=O) groups is 2. The van der Waals surface area contributed by atoms with Crippen molar-refractivity contribution < 1.29 is 32.6 Å². The molecule has 0 bridgehead atoms. The molecule has 5 nitrogen and oxygen atoms in total. The number of hydrogen-bond donors (Lipinski definition) is 2. The van der Waals surface area contributed by atoms with E-state index >= 15 is 0 Å². The van der Waals surface area contributed by atoms with Gasteiger partial charge in [0, 0.05) is 3.57 Å². The van der Waals surface area contributed by atoms with Crippen LogP contribution in [-0.2, 0) is 9.53 Å². The van der Waals surface area contributed by atoms with Crippen molar-refractivity contribution in [1.82, 2.24) is 0 Å². The van der Waals surface area contributed by atoms with E-state index in [1.54, 1.807) is 6.07 Å². The maximum atomic E-state index is 11.8. The average molecular weight is 403 g/mol. The number of aromatic carboxylic acids is 1. The van der Waals surface area contributed by atoms with Crippen molar-refractivity contribution in [3.8, 4) is 0 Å². The third kappa shape index (κ3) is 5.74. The Labute approximate surface area is 125 Å². The minimum Gasteiger partial charge on any atom is -0.478 e. The van der Waals surface area contributed by atoms with Gasteiger partial charge in [-0.2, -0.15) is 13.2 Å². The van der Waals surface area contributed by atoms with Gasteiger partial charge >= 0.3 is 12.1 Å². The van der Waals surface area contributed by atoms with Gasteiger partial charge in [0.15, 0.2) is 0 Å². The van der Waals surface area contributed by atoms with Crippen molar-refractivity contribution in [2.45, 2.75) is 6.18 Å². The summed E-state index contributed by atoms with van der Waals surface area (Å²) >= 11 is 1.89. The van der Waals surface area contributed by atoms with Crippen molar-refractivity contribution in [2.75, 3.05) is 18.5 Å². The lowest BCUT2D eigenvalue weighted by Gasteiger charge is -2.10. The molecule has 0 aliphatic heterocycles. The number of nitrogens with one attached hydrogen (secondary N) is 1. The number of ether oxygens (including phenoxy) is 1. The van der Waals surface area contributed by atoms with Crippen molar-refractivity contribution >= 4 is 40.2 Å². The summed E-state index contributed by atoms with van der Waals surface area (Å²) in [6.07, 6.45) is -4.52. The number of halogens is 4. The zero-order valence-electron chi connectivity index (χ0n) is 9.83. The fourth-order valence-electron chi connectivity index (χ4n) is 1.25. The SMILES string of the molecule is O=C(COCC(F)(F)F)Nc1ccc(I)cc1C(=O)O. The second-order valence-electron chi connectivity index (χ2n) is 3.65. The molecule has 0 aromatic heterocycles. The Morgan fingerprint density at radius 2 is 2.00 bits per heavy atom. The number of benzene rings is 1. The molecule has 0 unspecified atom stereocenters. The molecule has 1 rings (SSSR count). The molecule has 0 radical (unpaired) electrons. The monoisotopic (exact) mass is 403 g/mol. The number of carbonyl (C=O) groups excluding carboxylic acids is 1. The molecule has 1 aromatic rings. The van der Waals surface area contributed by atoms with Gasteiger partial charge < -0.3 is 15.2 Å². The standard InChI is InChI=1S/C11H9F3INO4/c12-11(13,14)5-20-4-9(17)16-8-2-1-6(15)3-7(8)10(18)19/h1-3H,4-5H2,(H,16,17)(H,18,19). The van der Waals surface area contributed by atoms with Crippen LogP contribution in [0.1, 0.15) is 10.4 Å². The van der Waals surface area contributed by atoms with E-state index < -0.39 is 31.3 Å². The van der Waals surface area contributed by atoms with Crippen molar-refractivity contribution in [3.63, 3.8) is 0 Å². The van der Waals surface area contributed by atoms with E-state index in [0.29, 0.717) is 3.57 Å². The van der Waals surface area contributed by atoms with E-state index in [9.17, 15) is 22.8 Å². The first-order valence-corrected chi connectivity index (χ1v) is 6.24. The topological polar surface area (TPSA) is 75.6 Å². The molecule has 0 atom stereocenters. The zero-order valence-corrected chi connectivity index (χ0v) is 12.0. The van der Waals surface area contributed by atoms with E-state index in [1.165, 1.54) is 12.1 Å². The highest BCUT2D eigenvalue weighted by Gasteiger charge is 2.27. The van der Waals surface area contributed by atoms with Gasteiger partial charge in [-0.25, -0.2) is 4.79 Å². The van der Waals surface area contributed by atoms with E-state index in [-0.39, 0.29) is 11.3 Å². The number of carboxylic acids is 1. The molecule has 0 spiro atoms. The van der Waals surface area contributed by atoms with Gasteiger partial charge in [-0.1, -0.05) is 0 Å². The third-order valence-corrected chi connectivity index (χ3v) is 2.66. The first-order chi connectivity index (χ1) is 9.19. The maximum Gasteiger partial charge on any atom is 0.411 e. The molecule has 0 fully saturated rings. The van der Waals surface area contributed by atoms with Crippen LogP contribution in [-0.4, -0.2) is 36.4 Å². The van der Waals surface area contributed by atoms with Crippen molar-refractivity contribution in [1.29, 1.82) is 0 Å². The summed E-state index contributed by atoms with van der Waals surface area (Å²) in [5, 5.41) is 11.1. The van der Waals surface area contributed by atoms with E-state index in [4.69, 9.17) is 5.11 Å². The van der Waals surface area contributed by atoms with Crippen LogP contribution >= 0.6 is 22.6 Å². The molecule has 0 saturated carbocycles. The first kappa shape index (κ1) is 16.7. The van der Waals surface area contributed by atoms with Crippen molar-refractivity contribution in [3.05, 3.63) is 27.3 Å². The van der Waals surface area contributed by atoms with Crippen LogP contribution in [0, 0.1) is 3.57 Å². The predicted octanol–water partition coefficient (Wildman–Crippen LogP) is 2.51. The lowest BCUT2D eigenvalue weighted by Crippen LogP contribution is -2.24.